The van der Waals surface area contributed by atoms with Crippen molar-refractivity contribution in [1.82, 2.24) is 15.1 Å². The summed E-state index contributed by atoms with van der Waals surface area (Å²) in [7, 11) is 3.41. The first-order valence-electron chi connectivity index (χ1n) is 11.7. The number of hydrogen-bond donors (Lipinski definition) is 5. The Hall–Kier alpha value is -1.34. The standard InChI is InChI=1S/C10H19NO4S.C7H16O2.C6H10N2O/c1-8(6-7-14-11-16-13)10(12)15-9-4-2-3-5-9;1-6(2)4-7(5-8)9-3;1-5-3-4-8(2)6(9)7-5/h8-9,11,13H,2-7H2,1H3;6-8H,4-5H2,1-3H3;3-4,6-7,9H,1H2,2H3. The van der Waals surface area contributed by atoms with Gasteiger partial charge in [0.2, 0.25) is 6.35 Å². The van der Waals surface area contributed by atoms with Crippen molar-refractivity contribution in [2.75, 3.05) is 27.4 Å². The molecule has 10 nitrogen and oxygen atoms in total. The summed E-state index contributed by atoms with van der Waals surface area (Å²) in [5.74, 6) is 0.292. The second kappa shape index (κ2) is 19.9. The molecule has 1 saturated carbocycles. The molecule has 1 heterocycles. The minimum Gasteiger partial charge on any atom is -0.462 e. The van der Waals surface area contributed by atoms with Crippen molar-refractivity contribution >= 4 is 18.2 Å². The molecule has 0 bridgehead atoms. The lowest BCUT2D eigenvalue weighted by Gasteiger charge is -2.27. The third-order valence-corrected chi connectivity index (χ3v) is 5.41. The summed E-state index contributed by atoms with van der Waals surface area (Å²) in [6.07, 6.45) is 8.94. The molecule has 0 aromatic heterocycles. The first-order valence-corrected chi connectivity index (χ1v) is 12.5. The number of carbonyl (C=O) groups excluding carboxylic acids is 1. The molecular formula is C23H45N3O7S. The van der Waals surface area contributed by atoms with Crippen LogP contribution < -0.4 is 10.2 Å². The van der Waals surface area contributed by atoms with Crippen molar-refractivity contribution in [2.45, 2.75) is 77.9 Å². The molecule has 1 aliphatic carbocycles. The van der Waals surface area contributed by atoms with Crippen LogP contribution in [0, 0.1) is 11.8 Å². The van der Waals surface area contributed by atoms with Crippen molar-refractivity contribution in [3.05, 3.63) is 24.6 Å². The molecule has 0 spiro atoms. The minimum atomic E-state index is -0.623. The zero-order valence-electron chi connectivity index (χ0n) is 21.2. The van der Waals surface area contributed by atoms with Gasteiger partial charge in [0.1, 0.15) is 18.3 Å². The normalized spacial score (nSPS) is 19.5. The van der Waals surface area contributed by atoms with Gasteiger partial charge in [0, 0.05) is 26.1 Å². The van der Waals surface area contributed by atoms with E-state index in [1.165, 1.54) is 0 Å². The number of hydrogen-bond acceptors (Lipinski definition) is 11. The van der Waals surface area contributed by atoms with Crippen LogP contribution in [0.5, 0.6) is 0 Å². The van der Waals surface area contributed by atoms with Crippen molar-refractivity contribution in [3.63, 3.8) is 0 Å². The molecular weight excluding hydrogens is 462 g/mol. The Morgan fingerprint density at radius 1 is 1.35 bits per heavy atom. The highest BCUT2D eigenvalue weighted by atomic mass is 32.2. The van der Waals surface area contributed by atoms with Crippen molar-refractivity contribution in [1.29, 1.82) is 0 Å². The van der Waals surface area contributed by atoms with Crippen LogP contribution in [-0.2, 0) is 19.1 Å². The molecule has 0 aromatic carbocycles. The zero-order valence-corrected chi connectivity index (χ0v) is 22.1. The largest absolute Gasteiger partial charge is 0.462 e. The number of ether oxygens (including phenoxy) is 2. The van der Waals surface area contributed by atoms with Crippen LogP contribution in [0.4, 0.5) is 0 Å². The fourth-order valence-electron chi connectivity index (χ4n) is 3.08. The van der Waals surface area contributed by atoms with Crippen molar-refractivity contribution in [3.8, 4) is 0 Å². The van der Waals surface area contributed by atoms with Gasteiger partial charge in [-0.05, 0) is 50.5 Å². The van der Waals surface area contributed by atoms with E-state index in [4.69, 9.17) is 29.1 Å². The van der Waals surface area contributed by atoms with E-state index in [2.05, 4.69) is 30.6 Å². The van der Waals surface area contributed by atoms with E-state index in [9.17, 15) is 4.79 Å². The average molecular weight is 508 g/mol. The number of aliphatic hydroxyl groups excluding tert-OH is 2. The van der Waals surface area contributed by atoms with Crippen LogP contribution in [0.25, 0.3) is 0 Å². The van der Waals surface area contributed by atoms with E-state index in [1.54, 1.807) is 31.3 Å². The predicted octanol–water partition coefficient (Wildman–Crippen LogP) is 3.01. The van der Waals surface area contributed by atoms with Crippen LogP contribution in [0.2, 0.25) is 0 Å². The molecule has 34 heavy (non-hydrogen) atoms. The van der Waals surface area contributed by atoms with E-state index in [-0.39, 0.29) is 30.7 Å². The molecule has 0 amide bonds. The second-order valence-corrected chi connectivity index (χ2v) is 9.10. The quantitative estimate of drug-likeness (QED) is 0.0929. The monoisotopic (exact) mass is 507 g/mol. The molecule has 1 fully saturated rings. The SMILES string of the molecule is C=C1C=CN(C)C(O)N1.CC(CCONSO)C(=O)OC1CCCC1.COC(CO)CC(C)C. The van der Waals surface area contributed by atoms with E-state index in [0.717, 1.165) is 37.8 Å². The summed E-state index contributed by atoms with van der Waals surface area (Å²) in [6.45, 7) is 10.2. The van der Waals surface area contributed by atoms with E-state index in [0.29, 0.717) is 31.2 Å². The van der Waals surface area contributed by atoms with Gasteiger partial charge in [0.25, 0.3) is 0 Å². The lowest BCUT2D eigenvalue weighted by Crippen LogP contribution is -2.42. The van der Waals surface area contributed by atoms with Gasteiger partial charge in [-0.2, -0.15) is 0 Å². The average Bonchev–Trinajstić information content (AvgIpc) is 3.31. The van der Waals surface area contributed by atoms with Crippen molar-refractivity contribution in [2.24, 2.45) is 11.8 Å². The lowest BCUT2D eigenvalue weighted by molar-refractivity contribution is -0.153. The Morgan fingerprint density at radius 2 is 2.00 bits per heavy atom. The Bertz CT molecular complexity index is 571. The number of allylic oxidation sites excluding steroid dienone is 1. The molecule has 5 N–H and O–H groups in total. The zero-order chi connectivity index (χ0) is 25.9. The first kappa shape index (κ1) is 32.7. The molecule has 3 unspecified atom stereocenters. The summed E-state index contributed by atoms with van der Waals surface area (Å²) in [5.41, 5.74) is 0.737. The third-order valence-electron chi connectivity index (χ3n) is 5.22. The van der Waals surface area contributed by atoms with Gasteiger partial charge in [-0.3, -0.25) is 9.63 Å². The van der Waals surface area contributed by atoms with Crippen molar-refractivity contribution < 1.29 is 33.9 Å². The minimum absolute atomic E-state index is 0.0324. The van der Waals surface area contributed by atoms with Gasteiger partial charge in [-0.15, -0.1) is 4.89 Å². The number of nitrogens with one attached hydrogen (secondary N) is 2. The van der Waals surface area contributed by atoms with E-state index in [1.807, 2.05) is 6.92 Å². The maximum atomic E-state index is 11.6. The molecule has 1 aliphatic heterocycles. The first-order chi connectivity index (χ1) is 16.1. The van der Waals surface area contributed by atoms with E-state index < -0.39 is 6.35 Å². The maximum absolute atomic E-state index is 11.6. The van der Waals surface area contributed by atoms with E-state index >= 15 is 0 Å². The Kier molecular flexibility index (Phi) is 19.1. The molecule has 200 valence electrons. The van der Waals surface area contributed by atoms with Gasteiger partial charge < -0.3 is 34.5 Å². The van der Waals surface area contributed by atoms with Gasteiger partial charge >= 0.3 is 5.97 Å². The van der Waals surface area contributed by atoms with Crippen LogP contribution >= 0.6 is 12.2 Å². The molecule has 0 saturated heterocycles. The number of carbonyl (C=O) groups is 1. The van der Waals surface area contributed by atoms with Crippen LogP contribution in [0.3, 0.4) is 0 Å². The number of esters is 1. The van der Waals surface area contributed by atoms with Crippen LogP contribution in [0.15, 0.2) is 24.6 Å². The third kappa shape index (κ3) is 16.3. The highest BCUT2D eigenvalue weighted by Crippen LogP contribution is 2.22. The Balaban J connectivity index is 0.000000518. The highest BCUT2D eigenvalue weighted by molar-refractivity contribution is 7.91. The smallest absolute Gasteiger partial charge is 0.309 e. The molecule has 0 aromatic rings. The molecule has 2 aliphatic rings. The highest BCUT2D eigenvalue weighted by Gasteiger charge is 2.22. The number of nitrogens with zero attached hydrogens (tertiary/aromatic N) is 1. The van der Waals surface area contributed by atoms with Crippen LogP contribution in [0.1, 0.15) is 59.3 Å². The number of aliphatic hydroxyl groups is 2. The van der Waals surface area contributed by atoms with Gasteiger partial charge in [0.15, 0.2) is 0 Å². The number of methoxy groups -OCH3 is 1. The molecule has 0 radical (unpaired) electrons. The molecule has 11 heteroatoms. The number of rotatable bonds is 11. The van der Waals surface area contributed by atoms with Gasteiger partial charge in [0.05, 0.1) is 25.2 Å². The van der Waals surface area contributed by atoms with Crippen LogP contribution in [-0.4, -0.2) is 71.6 Å². The lowest BCUT2D eigenvalue weighted by atomic mass is 10.1. The summed E-state index contributed by atoms with van der Waals surface area (Å²) in [4.78, 5) is 20.3. The second-order valence-electron chi connectivity index (χ2n) is 8.75. The topological polar surface area (TPSA) is 133 Å². The fourth-order valence-corrected chi connectivity index (χ4v) is 3.22. The summed E-state index contributed by atoms with van der Waals surface area (Å²) in [5, 5.41) is 20.4. The summed E-state index contributed by atoms with van der Waals surface area (Å²) in [6, 6.07) is 0. The Labute approximate surface area is 209 Å². The molecule has 2 rings (SSSR count). The Morgan fingerprint density at radius 3 is 2.44 bits per heavy atom. The fraction of sp³-hybridized carbons (Fsp3) is 0.783. The summed E-state index contributed by atoms with van der Waals surface area (Å²) >= 11 is 0.399. The molecule has 3 atom stereocenters. The summed E-state index contributed by atoms with van der Waals surface area (Å²) < 4.78 is 18.6. The van der Waals surface area contributed by atoms with Gasteiger partial charge in [-0.1, -0.05) is 27.4 Å². The predicted molar refractivity (Wildman–Crippen MR) is 134 cm³/mol. The van der Waals surface area contributed by atoms with Gasteiger partial charge in [-0.25, -0.2) is 0 Å². The maximum Gasteiger partial charge on any atom is 0.309 e.